The molecular formula is C27H22Cl2N2O5. The Morgan fingerprint density at radius 1 is 0.944 bits per heavy atom. The first-order valence-electron chi connectivity index (χ1n) is 11.1. The van der Waals surface area contributed by atoms with Gasteiger partial charge in [0.15, 0.2) is 11.5 Å². The van der Waals surface area contributed by atoms with Gasteiger partial charge in [0.25, 0.3) is 11.8 Å². The zero-order valence-corrected chi connectivity index (χ0v) is 21.0. The SMILES string of the molecule is CCOc1cc(/C=C2\C(=O)NC(=O)N(c3ccc(C)cc3)C2=O)cc(Cl)c1OCc1ccccc1Cl. The van der Waals surface area contributed by atoms with E-state index in [2.05, 4.69) is 5.32 Å². The van der Waals surface area contributed by atoms with E-state index in [-0.39, 0.29) is 17.2 Å². The molecule has 0 radical (unpaired) electrons. The van der Waals surface area contributed by atoms with Crippen molar-refractivity contribution in [3.8, 4) is 11.5 Å². The minimum atomic E-state index is -0.817. The van der Waals surface area contributed by atoms with E-state index in [4.69, 9.17) is 32.7 Å². The summed E-state index contributed by atoms with van der Waals surface area (Å²) in [6, 6.07) is 16.4. The van der Waals surface area contributed by atoms with Gasteiger partial charge in [-0.1, -0.05) is 59.1 Å². The van der Waals surface area contributed by atoms with E-state index in [1.165, 1.54) is 6.08 Å². The number of carbonyl (C=O) groups excluding carboxylic acids is 3. The van der Waals surface area contributed by atoms with Crippen LogP contribution in [0.5, 0.6) is 11.5 Å². The normalized spacial score (nSPS) is 14.7. The molecule has 1 heterocycles. The number of imide groups is 2. The van der Waals surface area contributed by atoms with Gasteiger partial charge in [-0.2, -0.15) is 0 Å². The molecule has 1 aliphatic rings. The monoisotopic (exact) mass is 524 g/mol. The molecule has 1 fully saturated rings. The number of anilines is 1. The Labute approximate surface area is 218 Å². The number of ether oxygens (including phenoxy) is 2. The largest absolute Gasteiger partial charge is 0.490 e. The zero-order valence-electron chi connectivity index (χ0n) is 19.5. The number of carbonyl (C=O) groups is 3. The highest BCUT2D eigenvalue weighted by Crippen LogP contribution is 2.38. The molecular weight excluding hydrogens is 503 g/mol. The fraction of sp³-hybridized carbons (Fsp3) is 0.148. The lowest BCUT2D eigenvalue weighted by Crippen LogP contribution is -2.54. The van der Waals surface area contributed by atoms with Crippen LogP contribution in [0.3, 0.4) is 0 Å². The Morgan fingerprint density at radius 3 is 2.36 bits per heavy atom. The molecule has 1 saturated heterocycles. The van der Waals surface area contributed by atoms with Crippen molar-refractivity contribution in [3.05, 3.63) is 93.0 Å². The van der Waals surface area contributed by atoms with Gasteiger partial charge in [0.1, 0.15) is 12.2 Å². The molecule has 1 aliphatic heterocycles. The molecule has 36 heavy (non-hydrogen) atoms. The summed E-state index contributed by atoms with van der Waals surface area (Å²) in [5.74, 6) is -0.919. The fourth-order valence-electron chi connectivity index (χ4n) is 3.59. The van der Waals surface area contributed by atoms with Gasteiger partial charge in [0.2, 0.25) is 0 Å². The van der Waals surface area contributed by atoms with Gasteiger partial charge >= 0.3 is 6.03 Å². The standard InChI is InChI=1S/C27H22Cl2N2O5/c1-3-35-23-14-17(13-22(29)24(23)36-15-18-6-4-5-7-21(18)28)12-20-25(32)30-27(34)31(26(20)33)19-10-8-16(2)9-11-19/h4-14H,3,15H2,1-2H3,(H,30,32,34)/b20-12+. The van der Waals surface area contributed by atoms with Crippen LogP contribution < -0.4 is 19.7 Å². The van der Waals surface area contributed by atoms with Crippen LogP contribution in [-0.4, -0.2) is 24.5 Å². The van der Waals surface area contributed by atoms with E-state index >= 15 is 0 Å². The maximum absolute atomic E-state index is 13.2. The molecule has 3 aromatic rings. The molecule has 0 spiro atoms. The highest BCUT2D eigenvalue weighted by Gasteiger charge is 2.36. The van der Waals surface area contributed by atoms with Crippen LogP contribution in [0.2, 0.25) is 10.0 Å². The van der Waals surface area contributed by atoms with E-state index < -0.39 is 17.8 Å². The molecule has 3 aromatic carbocycles. The third kappa shape index (κ3) is 5.37. The second-order valence-corrected chi connectivity index (χ2v) is 8.75. The summed E-state index contributed by atoms with van der Waals surface area (Å²) in [5, 5.41) is 2.99. The van der Waals surface area contributed by atoms with Crippen molar-refractivity contribution >= 4 is 52.8 Å². The Hall–Kier alpha value is -3.81. The minimum absolute atomic E-state index is 0.161. The second-order valence-electron chi connectivity index (χ2n) is 7.94. The highest BCUT2D eigenvalue weighted by atomic mass is 35.5. The predicted molar refractivity (Wildman–Crippen MR) is 139 cm³/mol. The van der Waals surface area contributed by atoms with Gasteiger partial charge in [-0.25, -0.2) is 9.69 Å². The third-order valence-electron chi connectivity index (χ3n) is 5.37. The lowest BCUT2D eigenvalue weighted by Gasteiger charge is -2.26. The van der Waals surface area contributed by atoms with E-state index in [9.17, 15) is 14.4 Å². The predicted octanol–water partition coefficient (Wildman–Crippen LogP) is 5.95. The smallest absolute Gasteiger partial charge is 0.335 e. The maximum Gasteiger partial charge on any atom is 0.335 e. The summed E-state index contributed by atoms with van der Waals surface area (Å²) in [6.45, 7) is 4.18. The number of amides is 4. The first-order chi connectivity index (χ1) is 17.3. The van der Waals surface area contributed by atoms with Gasteiger partial charge < -0.3 is 9.47 Å². The van der Waals surface area contributed by atoms with E-state index in [0.29, 0.717) is 34.4 Å². The third-order valence-corrected chi connectivity index (χ3v) is 6.02. The van der Waals surface area contributed by atoms with Crippen LogP contribution >= 0.6 is 23.2 Å². The summed E-state index contributed by atoms with van der Waals surface area (Å²) in [4.78, 5) is 39.1. The van der Waals surface area contributed by atoms with Crippen LogP contribution in [-0.2, 0) is 16.2 Å². The lowest BCUT2D eigenvalue weighted by molar-refractivity contribution is -0.122. The molecule has 0 saturated carbocycles. The number of nitrogens with zero attached hydrogens (tertiary/aromatic N) is 1. The zero-order chi connectivity index (χ0) is 25.8. The molecule has 9 heteroatoms. The Kier molecular flexibility index (Phi) is 7.62. The maximum atomic E-state index is 13.2. The molecule has 0 aromatic heterocycles. The number of urea groups is 1. The van der Waals surface area contributed by atoms with Gasteiger partial charge in [-0.15, -0.1) is 0 Å². The fourth-order valence-corrected chi connectivity index (χ4v) is 4.06. The van der Waals surface area contributed by atoms with Crippen LogP contribution in [0.15, 0.2) is 66.2 Å². The van der Waals surface area contributed by atoms with Crippen LogP contribution in [0.4, 0.5) is 10.5 Å². The van der Waals surface area contributed by atoms with Gasteiger partial charge in [0.05, 0.1) is 17.3 Å². The van der Waals surface area contributed by atoms with Crippen molar-refractivity contribution in [2.45, 2.75) is 20.5 Å². The van der Waals surface area contributed by atoms with E-state index in [1.807, 2.05) is 25.1 Å². The van der Waals surface area contributed by atoms with E-state index in [1.54, 1.807) is 49.4 Å². The molecule has 0 aliphatic carbocycles. The molecule has 0 atom stereocenters. The van der Waals surface area contributed by atoms with Gasteiger partial charge in [-0.3, -0.25) is 14.9 Å². The summed E-state index contributed by atoms with van der Waals surface area (Å²) in [5.41, 5.74) is 2.28. The number of rotatable bonds is 7. The summed E-state index contributed by atoms with van der Waals surface area (Å²) >= 11 is 12.7. The number of hydrogen-bond acceptors (Lipinski definition) is 5. The summed E-state index contributed by atoms with van der Waals surface area (Å²) < 4.78 is 11.6. The minimum Gasteiger partial charge on any atom is -0.490 e. The molecule has 184 valence electrons. The molecule has 4 amide bonds. The highest BCUT2D eigenvalue weighted by molar-refractivity contribution is 6.39. The van der Waals surface area contributed by atoms with E-state index in [0.717, 1.165) is 16.0 Å². The topological polar surface area (TPSA) is 84.9 Å². The summed E-state index contributed by atoms with van der Waals surface area (Å²) in [6.07, 6.45) is 1.36. The molecule has 1 N–H and O–H groups in total. The molecule has 0 unspecified atom stereocenters. The number of hydrogen-bond donors (Lipinski definition) is 1. The molecule has 0 bridgehead atoms. The van der Waals surface area contributed by atoms with Gasteiger partial charge in [-0.05, 0) is 55.8 Å². The number of halogens is 2. The van der Waals surface area contributed by atoms with Crippen LogP contribution in [0.25, 0.3) is 6.08 Å². The average Bonchev–Trinajstić information content (AvgIpc) is 2.83. The van der Waals surface area contributed by atoms with Crippen LogP contribution in [0, 0.1) is 6.92 Å². The molecule has 7 nitrogen and oxygen atoms in total. The Bertz CT molecular complexity index is 1370. The average molecular weight is 525 g/mol. The lowest BCUT2D eigenvalue weighted by atomic mass is 10.1. The first kappa shape index (κ1) is 25.3. The number of nitrogens with one attached hydrogen (secondary N) is 1. The number of benzene rings is 3. The van der Waals surface area contributed by atoms with Crippen molar-refractivity contribution in [2.75, 3.05) is 11.5 Å². The molecule has 4 rings (SSSR count). The summed E-state index contributed by atoms with van der Waals surface area (Å²) in [7, 11) is 0. The van der Waals surface area contributed by atoms with Crippen molar-refractivity contribution in [1.82, 2.24) is 5.32 Å². The van der Waals surface area contributed by atoms with Crippen molar-refractivity contribution in [1.29, 1.82) is 0 Å². The van der Waals surface area contributed by atoms with Crippen molar-refractivity contribution in [3.63, 3.8) is 0 Å². The van der Waals surface area contributed by atoms with Crippen LogP contribution in [0.1, 0.15) is 23.6 Å². The number of barbiturate groups is 1. The number of aryl methyl sites for hydroxylation is 1. The van der Waals surface area contributed by atoms with Gasteiger partial charge in [0, 0.05) is 10.6 Å². The Balaban J connectivity index is 1.66. The van der Waals surface area contributed by atoms with Crippen molar-refractivity contribution in [2.24, 2.45) is 0 Å². The first-order valence-corrected chi connectivity index (χ1v) is 11.8. The second kappa shape index (κ2) is 10.8. The Morgan fingerprint density at radius 2 is 1.67 bits per heavy atom. The van der Waals surface area contributed by atoms with Crippen molar-refractivity contribution < 1.29 is 23.9 Å². The quantitative estimate of drug-likeness (QED) is 0.305.